The van der Waals surface area contributed by atoms with E-state index in [-0.39, 0.29) is 11.7 Å². The number of rotatable bonds is 3. The van der Waals surface area contributed by atoms with E-state index in [1.54, 1.807) is 23.2 Å². The Labute approximate surface area is 183 Å². The SMILES string of the molecule is Cc1ccc(CSC2=NN3C(=c4ccccc4=NC3c3cccc(O)c3)C(=O)N2)cc1. The van der Waals surface area contributed by atoms with Crippen LogP contribution in [0.3, 0.4) is 0 Å². The van der Waals surface area contributed by atoms with Gasteiger partial charge in [0.25, 0.3) is 5.91 Å². The third-order valence-corrected chi connectivity index (χ3v) is 6.11. The Hall–Kier alpha value is -3.58. The Kier molecular flexibility index (Phi) is 4.95. The zero-order valence-corrected chi connectivity index (χ0v) is 17.6. The average Bonchev–Trinajstić information content (AvgIpc) is 2.78. The van der Waals surface area contributed by atoms with Crippen LogP contribution in [0.1, 0.15) is 22.9 Å². The van der Waals surface area contributed by atoms with Crippen molar-refractivity contribution in [2.75, 3.05) is 0 Å². The molecule has 2 N–H and O–H groups in total. The van der Waals surface area contributed by atoms with Gasteiger partial charge >= 0.3 is 0 Å². The number of phenols is 1. The predicted octanol–water partition coefficient (Wildman–Crippen LogP) is 2.78. The highest BCUT2D eigenvalue weighted by Gasteiger charge is 2.34. The first kappa shape index (κ1) is 19.4. The highest BCUT2D eigenvalue weighted by molar-refractivity contribution is 8.13. The van der Waals surface area contributed by atoms with Crippen LogP contribution in [0.2, 0.25) is 0 Å². The van der Waals surface area contributed by atoms with E-state index >= 15 is 0 Å². The van der Waals surface area contributed by atoms with Gasteiger partial charge in [-0.05, 0) is 30.7 Å². The molecule has 0 saturated carbocycles. The lowest BCUT2D eigenvalue weighted by Crippen LogP contribution is -2.50. The van der Waals surface area contributed by atoms with Crippen molar-refractivity contribution in [1.82, 2.24) is 10.3 Å². The summed E-state index contributed by atoms with van der Waals surface area (Å²) in [6, 6.07) is 22.7. The summed E-state index contributed by atoms with van der Waals surface area (Å²) in [5, 5.41) is 21.3. The van der Waals surface area contributed by atoms with E-state index in [0.717, 1.165) is 21.7 Å². The number of amides is 1. The molecule has 0 radical (unpaired) electrons. The summed E-state index contributed by atoms with van der Waals surface area (Å²) in [7, 11) is 0. The fraction of sp³-hybridized carbons (Fsp3) is 0.125. The number of nitrogens with one attached hydrogen (secondary N) is 1. The van der Waals surface area contributed by atoms with Crippen LogP contribution in [0.25, 0.3) is 5.70 Å². The largest absolute Gasteiger partial charge is 0.508 e. The molecule has 7 heteroatoms. The number of hydrogen-bond donors (Lipinski definition) is 2. The first-order chi connectivity index (χ1) is 15.1. The zero-order chi connectivity index (χ0) is 21.4. The molecule has 1 unspecified atom stereocenters. The van der Waals surface area contributed by atoms with Gasteiger partial charge in [0.05, 0.1) is 5.36 Å². The van der Waals surface area contributed by atoms with E-state index < -0.39 is 6.17 Å². The second-order valence-corrected chi connectivity index (χ2v) is 8.41. The lowest BCUT2D eigenvalue weighted by Gasteiger charge is -2.34. The molecule has 2 aliphatic heterocycles. The highest BCUT2D eigenvalue weighted by atomic mass is 32.2. The second kappa shape index (κ2) is 7.92. The van der Waals surface area contributed by atoms with Gasteiger partial charge in [-0.1, -0.05) is 71.9 Å². The van der Waals surface area contributed by atoms with Gasteiger partial charge in [-0.2, -0.15) is 0 Å². The van der Waals surface area contributed by atoms with Gasteiger partial charge in [0.1, 0.15) is 11.4 Å². The van der Waals surface area contributed by atoms with Crippen molar-refractivity contribution in [2.45, 2.75) is 18.8 Å². The number of amidine groups is 1. The molecule has 0 saturated heterocycles. The number of phenolic OH excluding ortho intramolecular Hbond substituents is 1. The van der Waals surface area contributed by atoms with E-state index in [1.165, 1.54) is 17.3 Å². The van der Waals surface area contributed by atoms with Crippen LogP contribution in [-0.4, -0.2) is 21.2 Å². The van der Waals surface area contributed by atoms with Crippen LogP contribution in [0.4, 0.5) is 0 Å². The number of carbonyl (C=O) groups is 1. The molecule has 2 aliphatic rings. The van der Waals surface area contributed by atoms with Crippen molar-refractivity contribution in [3.05, 3.63) is 100 Å². The molecule has 5 rings (SSSR count). The van der Waals surface area contributed by atoms with Gasteiger partial charge in [0.2, 0.25) is 0 Å². The van der Waals surface area contributed by atoms with Crippen molar-refractivity contribution in [3.8, 4) is 5.75 Å². The topological polar surface area (TPSA) is 77.3 Å². The molecule has 154 valence electrons. The van der Waals surface area contributed by atoms with Crippen molar-refractivity contribution < 1.29 is 9.90 Å². The Morgan fingerprint density at radius 1 is 1.06 bits per heavy atom. The molecule has 2 heterocycles. The number of thioether (sulfide) groups is 1. The molecule has 0 aromatic heterocycles. The maximum absolute atomic E-state index is 13.1. The van der Waals surface area contributed by atoms with E-state index in [1.807, 2.05) is 30.3 Å². The fourth-order valence-corrected chi connectivity index (χ4v) is 4.44. The molecular weight excluding hydrogens is 408 g/mol. The molecule has 0 spiro atoms. The van der Waals surface area contributed by atoms with Crippen LogP contribution in [0.15, 0.2) is 82.9 Å². The third-order valence-electron chi connectivity index (χ3n) is 5.18. The first-order valence-corrected chi connectivity index (χ1v) is 10.9. The summed E-state index contributed by atoms with van der Waals surface area (Å²) in [6.45, 7) is 2.05. The minimum absolute atomic E-state index is 0.146. The molecular formula is C24H20N4O2S. The van der Waals surface area contributed by atoms with Crippen LogP contribution in [0, 0.1) is 6.92 Å². The van der Waals surface area contributed by atoms with Gasteiger partial charge in [0, 0.05) is 16.5 Å². The number of carbonyl (C=O) groups excluding carboxylic acids is 1. The van der Waals surface area contributed by atoms with Crippen LogP contribution >= 0.6 is 11.8 Å². The summed E-state index contributed by atoms with van der Waals surface area (Å²) in [4.78, 5) is 18.0. The highest BCUT2D eigenvalue weighted by Crippen LogP contribution is 2.32. The van der Waals surface area contributed by atoms with Gasteiger partial charge in [-0.3, -0.25) is 15.1 Å². The quantitative estimate of drug-likeness (QED) is 0.673. The second-order valence-electron chi connectivity index (χ2n) is 7.44. The van der Waals surface area contributed by atoms with Crippen molar-refractivity contribution in [3.63, 3.8) is 0 Å². The van der Waals surface area contributed by atoms with Crippen molar-refractivity contribution >= 4 is 28.5 Å². The molecule has 0 fully saturated rings. The standard InChI is InChI=1S/C24H20N4O2S/c1-15-9-11-16(12-10-15)14-31-24-26-23(30)21-19-7-2-3-8-20(19)25-22(28(21)27-24)17-5-4-6-18(29)13-17/h2-13,22,29H,14H2,1H3,(H,26,27,30). The molecule has 3 aromatic carbocycles. The van der Waals surface area contributed by atoms with E-state index in [4.69, 9.17) is 10.1 Å². The van der Waals surface area contributed by atoms with E-state index in [9.17, 15) is 9.90 Å². The molecule has 0 aliphatic carbocycles. The third kappa shape index (κ3) is 3.80. The fourth-order valence-electron chi connectivity index (χ4n) is 3.63. The molecule has 0 bridgehead atoms. The summed E-state index contributed by atoms with van der Waals surface area (Å²) >= 11 is 1.47. The number of hydrogen-bond acceptors (Lipinski definition) is 6. The summed E-state index contributed by atoms with van der Waals surface area (Å²) in [6.07, 6.45) is -0.543. The summed E-state index contributed by atoms with van der Waals surface area (Å²) in [5.41, 5.74) is 3.58. The lowest BCUT2D eigenvalue weighted by atomic mass is 10.1. The lowest BCUT2D eigenvalue weighted by molar-refractivity contribution is -0.116. The Morgan fingerprint density at radius 2 is 1.87 bits per heavy atom. The molecule has 1 atom stereocenters. The average molecular weight is 429 g/mol. The Balaban J connectivity index is 1.55. The number of benzene rings is 3. The van der Waals surface area contributed by atoms with Crippen LogP contribution < -0.4 is 15.9 Å². The van der Waals surface area contributed by atoms with Gasteiger partial charge in [0.15, 0.2) is 11.3 Å². The minimum Gasteiger partial charge on any atom is -0.508 e. The first-order valence-electron chi connectivity index (χ1n) is 9.92. The van der Waals surface area contributed by atoms with Crippen LogP contribution in [0.5, 0.6) is 5.75 Å². The molecule has 6 nitrogen and oxygen atoms in total. The van der Waals surface area contributed by atoms with Gasteiger partial charge < -0.3 is 5.11 Å². The number of aromatic hydroxyl groups is 1. The normalized spacial score (nSPS) is 17.3. The molecule has 31 heavy (non-hydrogen) atoms. The number of fused-ring (bicyclic) bond motifs is 2. The number of nitrogens with zero attached hydrogens (tertiary/aromatic N) is 3. The summed E-state index contributed by atoms with van der Waals surface area (Å²) < 4.78 is 0. The molecule has 1 amide bonds. The maximum Gasteiger partial charge on any atom is 0.276 e. The molecule has 3 aromatic rings. The monoisotopic (exact) mass is 428 g/mol. The van der Waals surface area contributed by atoms with Crippen molar-refractivity contribution in [2.24, 2.45) is 10.1 Å². The zero-order valence-electron chi connectivity index (χ0n) is 16.8. The van der Waals surface area contributed by atoms with Crippen molar-refractivity contribution in [1.29, 1.82) is 0 Å². The number of para-hydroxylation sites is 1. The predicted molar refractivity (Wildman–Crippen MR) is 121 cm³/mol. The maximum atomic E-state index is 13.1. The Morgan fingerprint density at radius 3 is 2.68 bits per heavy atom. The van der Waals surface area contributed by atoms with E-state index in [0.29, 0.717) is 16.6 Å². The number of hydrazone groups is 1. The Bertz CT molecular complexity index is 1320. The number of aryl methyl sites for hydroxylation is 1. The van der Waals surface area contributed by atoms with E-state index in [2.05, 4.69) is 36.5 Å². The van der Waals surface area contributed by atoms with Gasteiger partial charge in [-0.25, -0.2) is 5.01 Å². The van der Waals surface area contributed by atoms with Gasteiger partial charge in [-0.15, -0.1) is 5.10 Å². The van der Waals surface area contributed by atoms with Crippen LogP contribution in [-0.2, 0) is 10.5 Å². The smallest absolute Gasteiger partial charge is 0.276 e. The summed E-state index contributed by atoms with van der Waals surface area (Å²) in [5.74, 6) is 0.619. The minimum atomic E-state index is -0.543.